The monoisotopic (exact) mass is 524 g/mol. The van der Waals surface area contributed by atoms with Crippen molar-refractivity contribution in [2.24, 2.45) is 0 Å². The summed E-state index contributed by atoms with van der Waals surface area (Å²) >= 11 is 0. The first-order valence-electron chi connectivity index (χ1n) is 13.6. The third-order valence-corrected chi connectivity index (χ3v) is 6.40. The number of hydrogen-bond donors (Lipinski definition) is 4. The molecule has 2 aromatic rings. The van der Waals surface area contributed by atoms with Crippen LogP contribution in [-0.4, -0.2) is 54.7 Å². The van der Waals surface area contributed by atoms with Gasteiger partial charge in [-0.05, 0) is 13.3 Å². The molecular formula is C27H44N2O8. The van der Waals surface area contributed by atoms with Crippen LogP contribution in [0.4, 0.5) is 0 Å². The number of oxazole rings is 2. The molecule has 4 N–H and O–H groups in total. The van der Waals surface area contributed by atoms with Gasteiger partial charge < -0.3 is 34.0 Å². The Morgan fingerprint density at radius 2 is 1.57 bits per heavy atom. The van der Waals surface area contributed by atoms with Crippen molar-refractivity contribution in [2.75, 3.05) is 0 Å². The number of nitrogens with zero attached hydrogens (tertiary/aromatic N) is 2. The predicted octanol–water partition coefficient (Wildman–Crippen LogP) is 4.52. The molecule has 0 saturated heterocycles. The highest BCUT2D eigenvalue weighted by atomic mass is 16.6. The largest absolute Gasteiger partial charge is 0.445 e. The molecular weight excluding hydrogens is 480 g/mol. The molecule has 2 heterocycles. The van der Waals surface area contributed by atoms with E-state index in [-0.39, 0.29) is 30.2 Å². The van der Waals surface area contributed by atoms with Crippen molar-refractivity contribution < 1.29 is 38.8 Å². The highest BCUT2D eigenvalue weighted by Gasteiger charge is 2.30. The van der Waals surface area contributed by atoms with Gasteiger partial charge in [-0.1, -0.05) is 71.1 Å². The third kappa shape index (κ3) is 11.3. The lowest BCUT2D eigenvalue weighted by atomic mass is 10.0. The van der Waals surface area contributed by atoms with Gasteiger partial charge in [-0.3, -0.25) is 4.79 Å². The minimum atomic E-state index is -1.42. The van der Waals surface area contributed by atoms with Gasteiger partial charge in [-0.2, -0.15) is 0 Å². The fourth-order valence-corrected chi connectivity index (χ4v) is 4.09. The lowest BCUT2D eigenvalue weighted by molar-refractivity contribution is -0.149. The van der Waals surface area contributed by atoms with Crippen LogP contribution in [-0.2, 0) is 9.53 Å². The number of hydrogen-bond acceptors (Lipinski definition) is 10. The van der Waals surface area contributed by atoms with Crippen molar-refractivity contribution >= 4 is 5.97 Å². The second-order valence-corrected chi connectivity index (χ2v) is 9.72. The van der Waals surface area contributed by atoms with Gasteiger partial charge in [0.2, 0.25) is 12.0 Å². The van der Waals surface area contributed by atoms with Crippen molar-refractivity contribution in [1.82, 2.24) is 9.97 Å². The molecule has 2 rings (SSSR count). The molecule has 0 fully saturated rings. The number of unbranched alkanes of at least 4 members (excludes halogenated alkanes) is 10. The predicted molar refractivity (Wildman–Crippen MR) is 135 cm³/mol. The van der Waals surface area contributed by atoms with Gasteiger partial charge in [0.25, 0.3) is 0 Å². The van der Waals surface area contributed by atoms with Crippen LogP contribution in [0.3, 0.4) is 0 Å². The van der Waals surface area contributed by atoms with Crippen molar-refractivity contribution in [3.63, 3.8) is 0 Å². The summed E-state index contributed by atoms with van der Waals surface area (Å²) in [5, 5.41) is 39.5. The maximum atomic E-state index is 12.5. The first kappa shape index (κ1) is 31.0. The number of aliphatic hydroxyl groups is 4. The topological polar surface area (TPSA) is 159 Å². The molecule has 0 amide bonds. The van der Waals surface area contributed by atoms with Gasteiger partial charge in [0.05, 0.1) is 18.4 Å². The molecule has 2 aromatic heterocycles. The number of aromatic nitrogens is 2. The van der Waals surface area contributed by atoms with Gasteiger partial charge in [0.15, 0.2) is 12.2 Å². The van der Waals surface area contributed by atoms with Crippen LogP contribution < -0.4 is 0 Å². The Morgan fingerprint density at radius 3 is 2.14 bits per heavy atom. The van der Waals surface area contributed by atoms with E-state index in [9.17, 15) is 25.2 Å². The van der Waals surface area contributed by atoms with E-state index in [4.69, 9.17) is 13.6 Å². The van der Waals surface area contributed by atoms with Crippen LogP contribution in [0, 0.1) is 0 Å². The molecule has 37 heavy (non-hydrogen) atoms. The molecule has 0 aliphatic heterocycles. The Bertz CT molecular complexity index is 854. The SMILES string of the molecule is CCCCCCCCCCCCCC(=O)O[C@@H](c1cnco1)c1nc([C@@H](O)C[C@@H](O)C(O)[C@@H](C)O)co1. The molecule has 0 aliphatic rings. The van der Waals surface area contributed by atoms with E-state index in [1.165, 1.54) is 77.1 Å². The lowest BCUT2D eigenvalue weighted by Gasteiger charge is -2.21. The van der Waals surface area contributed by atoms with Crippen LogP contribution >= 0.6 is 0 Å². The van der Waals surface area contributed by atoms with E-state index < -0.39 is 36.5 Å². The summed E-state index contributed by atoms with van der Waals surface area (Å²) in [6.45, 7) is 3.56. The van der Waals surface area contributed by atoms with E-state index in [0.717, 1.165) is 19.3 Å². The summed E-state index contributed by atoms with van der Waals surface area (Å²) < 4.78 is 16.3. The maximum absolute atomic E-state index is 12.5. The number of esters is 1. The van der Waals surface area contributed by atoms with Crippen LogP contribution in [0.15, 0.2) is 27.7 Å². The fourth-order valence-electron chi connectivity index (χ4n) is 4.09. The van der Waals surface area contributed by atoms with Crippen LogP contribution in [0.5, 0.6) is 0 Å². The third-order valence-electron chi connectivity index (χ3n) is 6.40. The van der Waals surface area contributed by atoms with Crippen molar-refractivity contribution in [3.8, 4) is 0 Å². The Hall–Kier alpha value is -2.27. The normalized spacial score (nSPS) is 15.7. The average molecular weight is 525 g/mol. The molecule has 0 aromatic carbocycles. The zero-order valence-electron chi connectivity index (χ0n) is 22.1. The fraction of sp³-hybridized carbons (Fsp3) is 0.741. The Balaban J connectivity index is 1.79. The van der Waals surface area contributed by atoms with Crippen LogP contribution in [0.2, 0.25) is 0 Å². The smallest absolute Gasteiger partial charge is 0.307 e. The summed E-state index contributed by atoms with van der Waals surface area (Å²) in [5.41, 5.74) is 0.0813. The number of carbonyl (C=O) groups is 1. The highest BCUT2D eigenvalue weighted by Crippen LogP contribution is 2.29. The van der Waals surface area contributed by atoms with E-state index in [1.807, 2.05) is 0 Å². The van der Waals surface area contributed by atoms with E-state index in [2.05, 4.69) is 16.9 Å². The number of carbonyl (C=O) groups excluding carboxylic acids is 1. The van der Waals surface area contributed by atoms with Crippen LogP contribution in [0.25, 0.3) is 0 Å². The molecule has 1 unspecified atom stereocenters. The van der Waals surface area contributed by atoms with Gasteiger partial charge in [-0.15, -0.1) is 0 Å². The Morgan fingerprint density at radius 1 is 0.946 bits per heavy atom. The van der Waals surface area contributed by atoms with Crippen LogP contribution in [0.1, 0.15) is 127 Å². The number of rotatable bonds is 20. The molecule has 0 aliphatic carbocycles. The second kappa shape index (κ2) is 17.3. The first-order chi connectivity index (χ1) is 17.8. The minimum absolute atomic E-state index is 0.0105. The standard InChI is InChI=1S/C27H44N2O8/c1-3-4-5-6-7-8-9-10-11-12-13-14-24(33)37-26(23-16-28-18-36-23)27-29-20(17-35-27)21(31)15-22(32)25(34)19(2)30/h16-19,21-22,25-26,30-32,34H,3-15H2,1-2H3/t19-,21+,22-,25?,26+/m1/s1. The zero-order chi connectivity index (χ0) is 27.0. The lowest BCUT2D eigenvalue weighted by Crippen LogP contribution is -2.36. The van der Waals surface area contributed by atoms with E-state index in [1.54, 1.807) is 0 Å². The number of aliphatic hydroxyl groups excluding tert-OH is 4. The molecule has 0 saturated carbocycles. The molecule has 0 bridgehead atoms. The Labute approximate surface area is 219 Å². The summed E-state index contributed by atoms with van der Waals surface area (Å²) in [7, 11) is 0. The molecule has 10 heteroatoms. The summed E-state index contributed by atoms with van der Waals surface area (Å²) in [5.74, 6) is -0.212. The average Bonchev–Trinajstić information content (AvgIpc) is 3.58. The molecule has 5 atom stereocenters. The summed E-state index contributed by atoms with van der Waals surface area (Å²) in [4.78, 5) is 20.6. The Kier molecular flexibility index (Phi) is 14.5. The second-order valence-electron chi connectivity index (χ2n) is 9.72. The molecule has 210 valence electrons. The van der Waals surface area contributed by atoms with E-state index in [0.29, 0.717) is 0 Å². The van der Waals surface area contributed by atoms with Gasteiger partial charge in [0.1, 0.15) is 24.2 Å². The zero-order valence-corrected chi connectivity index (χ0v) is 22.1. The van der Waals surface area contributed by atoms with Crippen molar-refractivity contribution in [2.45, 2.75) is 128 Å². The molecule has 0 radical (unpaired) electrons. The van der Waals surface area contributed by atoms with E-state index >= 15 is 0 Å². The van der Waals surface area contributed by atoms with Gasteiger partial charge in [-0.25, -0.2) is 9.97 Å². The summed E-state index contributed by atoms with van der Waals surface area (Å²) in [6.07, 6.45) is 10.5. The maximum Gasteiger partial charge on any atom is 0.307 e. The van der Waals surface area contributed by atoms with Crippen molar-refractivity contribution in [3.05, 3.63) is 36.2 Å². The van der Waals surface area contributed by atoms with Crippen molar-refractivity contribution in [1.29, 1.82) is 0 Å². The molecule has 0 spiro atoms. The first-order valence-corrected chi connectivity index (χ1v) is 13.6. The highest BCUT2D eigenvalue weighted by molar-refractivity contribution is 5.69. The quantitative estimate of drug-likeness (QED) is 0.143. The van der Waals surface area contributed by atoms with Gasteiger partial charge in [0, 0.05) is 12.8 Å². The minimum Gasteiger partial charge on any atom is -0.445 e. The summed E-state index contributed by atoms with van der Waals surface area (Å²) in [6, 6.07) is 0. The number of ether oxygens (including phenoxy) is 1. The van der Waals surface area contributed by atoms with Gasteiger partial charge >= 0.3 is 5.97 Å². The molecule has 10 nitrogen and oxygen atoms in total.